The fourth-order valence-corrected chi connectivity index (χ4v) is 4.17. The second kappa shape index (κ2) is 10.4. The highest BCUT2D eigenvalue weighted by atomic mass is 19.4. The molecule has 0 aliphatic heterocycles. The van der Waals surface area contributed by atoms with Crippen LogP contribution in [-0.4, -0.2) is 27.6 Å². The van der Waals surface area contributed by atoms with Gasteiger partial charge in [0, 0.05) is 17.7 Å². The highest BCUT2D eigenvalue weighted by Crippen LogP contribution is 2.39. The van der Waals surface area contributed by atoms with Crippen molar-refractivity contribution < 1.29 is 27.4 Å². The van der Waals surface area contributed by atoms with Crippen molar-refractivity contribution in [3.8, 4) is 28.5 Å². The van der Waals surface area contributed by atoms with E-state index in [0.717, 1.165) is 22.5 Å². The molecule has 2 aromatic heterocycles. The summed E-state index contributed by atoms with van der Waals surface area (Å²) >= 11 is 0. The van der Waals surface area contributed by atoms with Crippen LogP contribution in [0.25, 0.3) is 16.8 Å². The van der Waals surface area contributed by atoms with E-state index in [1.54, 1.807) is 12.1 Å². The number of alkyl halides is 3. The topological polar surface area (TPSA) is 104 Å². The Kier molecular flexibility index (Phi) is 6.80. The van der Waals surface area contributed by atoms with Crippen molar-refractivity contribution in [1.82, 2.24) is 19.9 Å². The Morgan fingerprint density at radius 3 is 2.49 bits per heavy atom. The molecule has 3 N–H and O–H groups in total. The third-order valence-electron chi connectivity index (χ3n) is 6.01. The predicted molar refractivity (Wildman–Crippen MR) is 139 cm³/mol. The van der Waals surface area contributed by atoms with Crippen molar-refractivity contribution in [2.75, 3.05) is 12.8 Å². The molecule has 0 unspecified atom stereocenters. The fraction of sp³-hybridized carbons (Fsp3) is 0.107. The van der Waals surface area contributed by atoms with E-state index in [1.165, 1.54) is 19.2 Å². The lowest BCUT2D eigenvalue weighted by molar-refractivity contribution is -0.136. The van der Waals surface area contributed by atoms with Gasteiger partial charge in [-0.3, -0.25) is 4.79 Å². The predicted octanol–water partition coefficient (Wildman–Crippen LogP) is 5.73. The number of ether oxygens (including phenoxy) is 2. The van der Waals surface area contributed by atoms with Crippen molar-refractivity contribution in [2.24, 2.45) is 0 Å². The summed E-state index contributed by atoms with van der Waals surface area (Å²) in [4.78, 5) is 17.0. The number of para-hydroxylation sites is 2. The first kappa shape index (κ1) is 25.6. The summed E-state index contributed by atoms with van der Waals surface area (Å²) in [6, 6.07) is 21.9. The molecule has 3 aromatic carbocycles. The molecule has 11 heteroatoms. The van der Waals surface area contributed by atoms with Gasteiger partial charge in [0.1, 0.15) is 29.1 Å². The van der Waals surface area contributed by atoms with E-state index in [-0.39, 0.29) is 34.9 Å². The minimum absolute atomic E-state index is 0.0877. The zero-order valence-electron chi connectivity index (χ0n) is 20.6. The van der Waals surface area contributed by atoms with E-state index in [2.05, 4.69) is 15.4 Å². The summed E-state index contributed by atoms with van der Waals surface area (Å²) in [5.41, 5.74) is 5.66. The van der Waals surface area contributed by atoms with Crippen LogP contribution in [0, 0.1) is 0 Å². The molecule has 198 valence electrons. The van der Waals surface area contributed by atoms with Gasteiger partial charge in [-0.25, -0.2) is 9.50 Å². The van der Waals surface area contributed by atoms with Crippen LogP contribution in [0.4, 0.5) is 19.0 Å². The molecule has 0 radical (unpaired) electrons. The highest BCUT2D eigenvalue weighted by molar-refractivity contribution is 5.98. The van der Waals surface area contributed by atoms with Crippen molar-refractivity contribution in [2.45, 2.75) is 12.7 Å². The molecular weight excluding hydrogens is 511 g/mol. The standard InChI is InChI=1S/C28H22F3N5O3/c1-38-24-12-11-17(22-14-21(28(29,30)31)25-26(32)34-16-35-36(22)25)13-20(24)27(37)33-15-18-7-5-6-10-23(18)39-19-8-3-2-4-9-19/h2-14,16H,15H2,1H3,(H,33,37)(H2,32,34,35). The maximum atomic E-state index is 13.8. The lowest BCUT2D eigenvalue weighted by atomic mass is 10.1. The van der Waals surface area contributed by atoms with E-state index >= 15 is 0 Å². The average Bonchev–Trinajstić information content (AvgIpc) is 3.34. The SMILES string of the molecule is COc1ccc(-c2cc(C(F)(F)F)c3c(N)ncnn23)cc1C(=O)NCc1ccccc1Oc1ccccc1. The molecular formula is C28H22F3N5O3. The molecule has 39 heavy (non-hydrogen) atoms. The van der Waals surface area contributed by atoms with Gasteiger partial charge in [-0.05, 0) is 42.5 Å². The van der Waals surface area contributed by atoms with Crippen LogP contribution in [0.2, 0.25) is 0 Å². The third kappa shape index (κ3) is 5.19. The number of nitrogen functional groups attached to an aromatic ring is 1. The van der Waals surface area contributed by atoms with E-state index in [4.69, 9.17) is 15.2 Å². The summed E-state index contributed by atoms with van der Waals surface area (Å²) < 4.78 is 53.7. The zero-order chi connectivity index (χ0) is 27.6. The van der Waals surface area contributed by atoms with Crippen LogP contribution in [0.5, 0.6) is 17.2 Å². The van der Waals surface area contributed by atoms with Gasteiger partial charge in [0.15, 0.2) is 5.82 Å². The van der Waals surface area contributed by atoms with Crippen LogP contribution < -0.4 is 20.5 Å². The Balaban J connectivity index is 1.46. The fourth-order valence-electron chi connectivity index (χ4n) is 4.17. The molecule has 0 bridgehead atoms. The molecule has 0 aliphatic rings. The van der Waals surface area contributed by atoms with Gasteiger partial charge in [0.05, 0.1) is 23.9 Å². The number of aromatic nitrogens is 3. The van der Waals surface area contributed by atoms with Crippen LogP contribution in [-0.2, 0) is 12.7 Å². The molecule has 0 atom stereocenters. The van der Waals surface area contributed by atoms with Gasteiger partial charge in [0.25, 0.3) is 5.91 Å². The quantitative estimate of drug-likeness (QED) is 0.277. The molecule has 0 spiro atoms. The van der Waals surface area contributed by atoms with Crippen LogP contribution in [0.3, 0.4) is 0 Å². The minimum Gasteiger partial charge on any atom is -0.496 e. The van der Waals surface area contributed by atoms with Crippen molar-refractivity contribution in [3.05, 3.63) is 102 Å². The second-order valence-corrected chi connectivity index (χ2v) is 8.47. The summed E-state index contributed by atoms with van der Waals surface area (Å²) in [7, 11) is 1.40. The summed E-state index contributed by atoms with van der Waals surface area (Å²) in [5.74, 6) is 0.658. The summed E-state index contributed by atoms with van der Waals surface area (Å²) in [6.45, 7) is 0.130. The molecule has 2 heterocycles. The van der Waals surface area contributed by atoms with Gasteiger partial charge >= 0.3 is 6.18 Å². The number of carbonyl (C=O) groups excluding carboxylic acids is 1. The Morgan fingerprint density at radius 1 is 1.00 bits per heavy atom. The van der Waals surface area contributed by atoms with Gasteiger partial charge in [-0.2, -0.15) is 18.3 Å². The van der Waals surface area contributed by atoms with E-state index in [1.807, 2.05) is 48.5 Å². The van der Waals surface area contributed by atoms with Gasteiger partial charge in [-0.1, -0.05) is 36.4 Å². The first-order valence-electron chi connectivity index (χ1n) is 11.7. The number of nitrogens with one attached hydrogen (secondary N) is 1. The van der Waals surface area contributed by atoms with Crippen LogP contribution in [0.1, 0.15) is 21.5 Å². The molecule has 0 fully saturated rings. The molecule has 0 aliphatic carbocycles. The number of methoxy groups -OCH3 is 1. The number of fused-ring (bicyclic) bond motifs is 1. The van der Waals surface area contributed by atoms with E-state index < -0.39 is 17.6 Å². The normalized spacial score (nSPS) is 11.4. The van der Waals surface area contributed by atoms with Crippen molar-refractivity contribution in [3.63, 3.8) is 0 Å². The minimum atomic E-state index is -4.69. The maximum Gasteiger partial charge on any atom is 0.418 e. The van der Waals surface area contributed by atoms with E-state index in [9.17, 15) is 18.0 Å². The number of hydrogen-bond acceptors (Lipinski definition) is 6. The number of benzene rings is 3. The lowest BCUT2D eigenvalue weighted by Gasteiger charge is -2.14. The number of carbonyl (C=O) groups is 1. The van der Waals surface area contributed by atoms with Crippen molar-refractivity contribution in [1.29, 1.82) is 0 Å². The first-order chi connectivity index (χ1) is 18.8. The number of rotatable bonds is 7. The smallest absolute Gasteiger partial charge is 0.418 e. The number of halogens is 3. The molecule has 0 saturated carbocycles. The van der Waals surface area contributed by atoms with Crippen LogP contribution >= 0.6 is 0 Å². The number of nitrogens with zero attached hydrogens (tertiary/aromatic N) is 3. The Labute approximate surface area is 220 Å². The Hall–Kier alpha value is -5.06. The van der Waals surface area contributed by atoms with Crippen molar-refractivity contribution >= 4 is 17.2 Å². The lowest BCUT2D eigenvalue weighted by Crippen LogP contribution is -2.23. The Morgan fingerprint density at radius 2 is 1.74 bits per heavy atom. The molecule has 5 aromatic rings. The maximum absolute atomic E-state index is 13.8. The first-order valence-corrected chi connectivity index (χ1v) is 11.7. The molecule has 0 saturated heterocycles. The number of amides is 1. The molecule has 8 nitrogen and oxygen atoms in total. The average molecular weight is 534 g/mol. The highest BCUT2D eigenvalue weighted by Gasteiger charge is 2.36. The zero-order valence-corrected chi connectivity index (χ0v) is 20.6. The largest absolute Gasteiger partial charge is 0.496 e. The van der Waals surface area contributed by atoms with Crippen LogP contribution in [0.15, 0.2) is 85.2 Å². The number of hydrogen-bond donors (Lipinski definition) is 2. The van der Waals surface area contributed by atoms with Gasteiger partial charge < -0.3 is 20.5 Å². The molecule has 5 rings (SSSR count). The monoisotopic (exact) mass is 533 g/mol. The summed E-state index contributed by atoms with van der Waals surface area (Å²) in [5, 5.41) is 6.81. The molecule has 1 amide bonds. The number of anilines is 1. The van der Waals surface area contributed by atoms with E-state index in [0.29, 0.717) is 17.1 Å². The second-order valence-electron chi connectivity index (χ2n) is 8.47. The Bertz CT molecular complexity index is 1650. The summed E-state index contributed by atoms with van der Waals surface area (Å²) in [6.07, 6.45) is -3.62. The number of nitrogens with two attached hydrogens (primary N) is 1. The van der Waals surface area contributed by atoms with Gasteiger partial charge in [-0.15, -0.1) is 0 Å². The third-order valence-corrected chi connectivity index (χ3v) is 6.01. The van der Waals surface area contributed by atoms with Gasteiger partial charge in [0.2, 0.25) is 0 Å².